The molecule has 0 aliphatic carbocycles. The molecule has 0 fully saturated rings. The van der Waals surface area contributed by atoms with Gasteiger partial charge < -0.3 is 0 Å². The Morgan fingerprint density at radius 1 is 0.703 bits per heavy atom. The van der Waals surface area contributed by atoms with E-state index in [0.29, 0.717) is 0 Å². The predicted octanol–water partition coefficient (Wildman–Crippen LogP) is 7.16. The Balaban J connectivity index is 5.11. The fraction of sp³-hybridized carbons (Fsp3) is 1.00. The van der Waals surface area contributed by atoms with Crippen molar-refractivity contribution in [2.24, 2.45) is 0 Å². The van der Waals surface area contributed by atoms with Crippen LogP contribution in [0, 0.1) is 0 Å². The van der Waals surface area contributed by atoms with Gasteiger partial charge in [-0.2, -0.15) is 69.9 Å². The van der Waals surface area contributed by atoms with Gasteiger partial charge in [-0.05, 0) is 12.8 Å². The van der Waals surface area contributed by atoms with E-state index in [4.69, 9.17) is 4.55 Å². The Labute approximate surface area is 209 Å². The summed E-state index contributed by atoms with van der Waals surface area (Å²) in [6, 6.07) is 0. The summed E-state index contributed by atoms with van der Waals surface area (Å²) < 4.78 is 239. The maximum absolute atomic E-state index is 13.6. The molecule has 0 spiro atoms. The zero-order valence-electron chi connectivity index (χ0n) is 17.1. The van der Waals surface area contributed by atoms with Gasteiger partial charge in [-0.3, -0.25) is 4.55 Å². The second kappa shape index (κ2) is 11.5. The van der Waals surface area contributed by atoms with Gasteiger partial charge in [0.2, 0.25) is 0 Å². The number of hydrogen-bond donors (Lipinski definition) is 1. The minimum Gasteiger partial charge on any atom is -0.281 e. The molecule has 0 aromatic heterocycles. The topological polar surface area (TPSA) is 72.8 Å². The lowest BCUT2D eigenvalue weighted by Gasteiger charge is -2.31. The van der Waals surface area contributed by atoms with Crippen LogP contribution < -0.4 is 0 Å². The Morgan fingerprint density at radius 2 is 1.14 bits per heavy atom. The third-order valence-electron chi connectivity index (χ3n) is 4.03. The van der Waals surface area contributed by atoms with E-state index in [9.17, 15) is 78.7 Å². The highest BCUT2D eigenvalue weighted by atomic mass is 127. The SMILES string of the molecule is O=S(=O)(O)C(F)(F)C(F)(F)OC(F)(F)C(F)(F)CCCCC(I)CC(F)(F)C(F)(F)OC(F)(F)C(F)F. The molecule has 37 heavy (non-hydrogen) atoms. The standard InChI is InChI=1S/C14H13F16IO5S/c15-7(16)10(21,22)35-12(25,26)9(19,20)5-6(31)3-1-2-4-8(17,18)11(23,24)36-13(27,28)14(29,30)37(32,33)34/h6-7H,1-5H2,(H,32,33,34). The number of hydrogen-bond acceptors (Lipinski definition) is 4. The zero-order chi connectivity index (χ0) is 30.1. The average Bonchev–Trinajstić information content (AvgIpc) is 2.61. The molecule has 0 radical (unpaired) electrons. The molecule has 0 heterocycles. The first-order valence-electron chi connectivity index (χ1n) is 8.90. The lowest BCUT2D eigenvalue weighted by Crippen LogP contribution is -2.55. The summed E-state index contributed by atoms with van der Waals surface area (Å²) in [6.07, 6.45) is -37.7. The molecule has 23 heteroatoms. The summed E-state index contributed by atoms with van der Waals surface area (Å²) in [4.78, 5) is 0. The van der Waals surface area contributed by atoms with Gasteiger partial charge in [0, 0.05) is 16.8 Å². The number of rotatable bonds is 16. The van der Waals surface area contributed by atoms with E-state index in [1.165, 1.54) is 0 Å². The second-order valence-corrected chi connectivity index (χ2v) is 10.3. The van der Waals surface area contributed by atoms with Crippen LogP contribution in [0.4, 0.5) is 70.2 Å². The average molecular weight is 724 g/mol. The van der Waals surface area contributed by atoms with Crippen LogP contribution >= 0.6 is 22.6 Å². The van der Waals surface area contributed by atoms with Gasteiger partial charge in [0.15, 0.2) is 0 Å². The Kier molecular flexibility index (Phi) is 11.3. The van der Waals surface area contributed by atoms with Crippen molar-refractivity contribution in [3.8, 4) is 0 Å². The van der Waals surface area contributed by atoms with Crippen LogP contribution in [0.15, 0.2) is 0 Å². The zero-order valence-corrected chi connectivity index (χ0v) is 20.1. The van der Waals surface area contributed by atoms with Crippen molar-refractivity contribution >= 4 is 32.7 Å². The molecule has 0 bridgehead atoms. The molecular weight excluding hydrogens is 711 g/mol. The Morgan fingerprint density at radius 3 is 1.54 bits per heavy atom. The third kappa shape index (κ3) is 8.98. The highest BCUT2D eigenvalue weighted by Crippen LogP contribution is 2.48. The molecule has 0 amide bonds. The highest BCUT2D eigenvalue weighted by Gasteiger charge is 2.73. The minimum absolute atomic E-state index is 0.850. The summed E-state index contributed by atoms with van der Waals surface area (Å²) in [5.74, 6) is -11.3. The van der Waals surface area contributed by atoms with Gasteiger partial charge in [0.25, 0.3) is 0 Å². The molecule has 5 nitrogen and oxygen atoms in total. The summed E-state index contributed by atoms with van der Waals surface area (Å²) in [5.41, 5.74) is 0. The smallest absolute Gasteiger partial charge is 0.281 e. The van der Waals surface area contributed by atoms with Gasteiger partial charge >= 0.3 is 58.1 Å². The van der Waals surface area contributed by atoms with E-state index in [1.807, 2.05) is 4.74 Å². The van der Waals surface area contributed by atoms with Crippen LogP contribution in [-0.2, 0) is 19.6 Å². The molecule has 1 N–H and O–H groups in total. The summed E-state index contributed by atoms with van der Waals surface area (Å²) in [7, 11) is -7.14. The van der Waals surface area contributed by atoms with Crippen molar-refractivity contribution in [2.75, 3.05) is 0 Å². The predicted molar refractivity (Wildman–Crippen MR) is 95.2 cm³/mol. The molecule has 0 aliphatic rings. The molecule has 224 valence electrons. The van der Waals surface area contributed by atoms with Gasteiger partial charge in [-0.25, -0.2) is 18.3 Å². The summed E-state index contributed by atoms with van der Waals surface area (Å²) in [6.45, 7) is 0. The van der Waals surface area contributed by atoms with Gasteiger partial charge in [0.1, 0.15) is 0 Å². The lowest BCUT2D eigenvalue weighted by molar-refractivity contribution is -0.456. The third-order valence-corrected chi connectivity index (χ3v) is 5.97. The van der Waals surface area contributed by atoms with Crippen LogP contribution in [0.2, 0.25) is 0 Å². The van der Waals surface area contributed by atoms with Crippen molar-refractivity contribution in [3.05, 3.63) is 0 Å². The van der Waals surface area contributed by atoms with Crippen LogP contribution in [0.3, 0.4) is 0 Å². The van der Waals surface area contributed by atoms with Crippen LogP contribution in [0.1, 0.15) is 32.1 Å². The van der Waals surface area contributed by atoms with Crippen LogP contribution in [0.5, 0.6) is 0 Å². The lowest BCUT2D eigenvalue weighted by atomic mass is 10.0. The van der Waals surface area contributed by atoms with Crippen molar-refractivity contribution < 1.29 is 92.7 Å². The number of alkyl halides is 17. The second-order valence-electron chi connectivity index (χ2n) is 7.06. The summed E-state index contributed by atoms with van der Waals surface area (Å²) in [5, 5.41) is -6.80. The van der Waals surface area contributed by atoms with Crippen molar-refractivity contribution in [1.29, 1.82) is 0 Å². The molecule has 0 saturated carbocycles. The van der Waals surface area contributed by atoms with Gasteiger partial charge in [-0.15, -0.1) is 0 Å². The molecular formula is C14H13F16IO5S. The largest absolute Gasteiger partial charge is 0.460 e. The van der Waals surface area contributed by atoms with Crippen LogP contribution in [0.25, 0.3) is 0 Å². The Bertz CT molecular complexity index is 866. The van der Waals surface area contributed by atoms with Gasteiger partial charge in [0.05, 0.1) is 0 Å². The maximum Gasteiger partial charge on any atom is 0.460 e. The quantitative estimate of drug-likeness (QED) is 0.0602. The molecule has 0 aromatic carbocycles. The monoisotopic (exact) mass is 724 g/mol. The molecule has 0 aliphatic heterocycles. The van der Waals surface area contributed by atoms with E-state index >= 15 is 0 Å². The Hall–Kier alpha value is -0.560. The van der Waals surface area contributed by atoms with E-state index in [-0.39, 0.29) is 0 Å². The van der Waals surface area contributed by atoms with E-state index in [1.54, 1.807) is 0 Å². The molecule has 0 aromatic rings. The number of unbranched alkanes of at least 4 members (excludes halogenated alkanes) is 1. The fourth-order valence-electron chi connectivity index (χ4n) is 2.09. The van der Waals surface area contributed by atoms with E-state index < -0.39 is 94.1 Å². The first-order valence-corrected chi connectivity index (χ1v) is 11.6. The first-order chi connectivity index (χ1) is 16.0. The molecule has 0 saturated heterocycles. The fourth-order valence-corrected chi connectivity index (χ4v) is 3.43. The number of ether oxygens (including phenoxy) is 2. The summed E-state index contributed by atoms with van der Waals surface area (Å²) >= 11 is 0.940. The minimum atomic E-state index is -7.14. The van der Waals surface area contributed by atoms with Gasteiger partial charge in [-0.1, -0.05) is 29.0 Å². The first kappa shape index (κ1) is 36.4. The van der Waals surface area contributed by atoms with Crippen molar-refractivity contribution in [3.63, 3.8) is 0 Å². The van der Waals surface area contributed by atoms with E-state index in [0.717, 1.165) is 22.6 Å². The molecule has 1 unspecified atom stereocenters. The van der Waals surface area contributed by atoms with Crippen molar-refractivity contribution in [1.82, 2.24) is 0 Å². The van der Waals surface area contributed by atoms with Crippen LogP contribution in [-0.4, -0.2) is 64.9 Å². The number of halogens is 17. The molecule has 0 rings (SSSR count). The van der Waals surface area contributed by atoms with Crippen molar-refractivity contribution in [2.45, 2.75) is 84.0 Å². The van der Waals surface area contributed by atoms with E-state index in [2.05, 4.69) is 4.74 Å². The normalized spacial score (nSPS) is 16.4. The maximum atomic E-state index is 13.6. The molecule has 1 atom stereocenters. The highest BCUT2D eigenvalue weighted by molar-refractivity contribution is 14.1.